The fraction of sp³-hybridized carbons (Fsp3) is 0.269. The Kier molecular flexibility index (Phi) is 6.40. The van der Waals surface area contributed by atoms with Crippen LogP contribution in [-0.2, 0) is 6.54 Å². The summed E-state index contributed by atoms with van der Waals surface area (Å²) >= 11 is 0. The molecule has 0 fully saturated rings. The van der Waals surface area contributed by atoms with Gasteiger partial charge in [0.05, 0.1) is 0 Å². The van der Waals surface area contributed by atoms with Crippen LogP contribution in [0.1, 0.15) is 46.0 Å². The lowest BCUT2D eigenvalue weighted by molar-refractivity contribution is 0.0938. The Hall–Kier alpha value is -3.74. The summed E-state index contributed by atoms with van der Waals surface area (Å²) < 4.78 is 15.1. The van der Waals surface area contributed by atoms with Gasteiger partial charge >= 0.3 is 0 Å². The van der Waals surface area contributed by atoms with E-state index in [1.165, 1.54) is 6.07 Å². The lowest BCUT2D eigenvalue weighted by atomic mass is 9.88. The van der Waals surface area contributed by atoms with Gasteiger partial charge in [0.1, 0.15) is 22.9 Å². The molecule has 1 aliphatic carbocycles. The van der Waals surface area contributed by atoms with Crippen LogP contribution >= 0.6 is 0 Å². The molecule has 1 aromatic carbocycles. The summed E-state index contributed by atoms with van der Waals surface area (Å²) in [6.07, 6.45) is 7.93. The molecule has 2 aromatic heterocycles. The number of nitrogens with zero attached hydrogens (tertiary/aromatic N) is 2. The van der Waals surface area contributed by atoms with E-state index in [0.29, 0.717) is 35.3 Å². The number of aromatic nitrogens is 2. The van der Waals surface area contributed by atoms with Gasteiger partial charge in [-0.1, -0.05) is 50.3 Å². The number of benzene rings is 1. The smallest absolute Gasteiger partial charge is 0.271 e. The maximum atomic E-state index is 13.4. The summed E-state index contributed by atoms with van der Waals surface area (Å²) in [6, 6.07) is 9.89. The Morgan fingerprint density at radius 1 is 1.06 bits per heavy atom. The van der Waals surface area contributed by atoms with Crippen LogP contribution in [0.3, 0.4) is 0 Å². The third-order valence-electron chi connectivity index (χ3n) is 6.01. The summed E-state index contributed by atoms with van der Waals surface area (Å²) in [4.78, 5) is 29.8. The van der Waals surface area contributed by atoms with Crippen molar-refractivity contribution in [3.8, 4) is 0 Å². The molecule has 4 rings (SSSR count). The summed E-state index contributed by atoms with van der Waals surface area (Å²) in [5, 5.41) is 5.75. The largest absolute Gasteiger partial charge is 0.347 e. The quantitative estimate of drug-likeness (QED) is 0.596. The molecule has 2 atom stereocenters. The van der Waals surface area contributed by atoms with Crippen LogP contribution in [-0.4, -0.2) is 27.7 Å². The average Bonchev–Trinajstić information content (AvgIpc) is 3.25. The second-order valence-electron chi connectivity index (χ2n) is 8.53. The number of hydrogen-bond acceptors (Lipinski definition) is 3. The number of aryl methyl sites for hydroxylation is 1. The van der Waals surface area contributed by atoms with Crippen molar-refractivity contribution >= 4 is 17.5 Å². The van der Waals surface area contributed by atoms with Gasteiger partial charge in [0.2, 0.25) is 0 Å². The van der Waals surface area contributed by atoms with E-state index < -0.39 is 0 Å². The van der Waals surface area contributed by atoms with E-state index in [9.17, 15) is 14.0 Å². The molecular weight excluding hydrogens is 419 g/mol. The number of amides is 2. The van der Waals surface area contributed by atoms with Crippen LogP contribution in [0, 0.1) is 24.6 Å². The van der Waals surface area contributed by atoms with Crippen molar-refractivity contribution in [2.24, 2.45) is 11.8 Å². The van der Waals surface area contributed by atoms with Gasteiger partial charge in [-0.25, -0.2) is 9.37 Å². The number of halogens is 1. The first-order valence-corrected chi connectivity index (χ1v) is 11.0. The van der Waals surface area contributed by atoms with Crippen molar-refractivity contribution in [2.75, 3.05) is 6.54 Å². The SMILES string of the molecule is Cc1cc(CNC(=O)c2cn3c(C(=O)NCC4=CC(C)C(C)C=C4)cccc3n2)ccc1F. The van der Waals surface area contributed by atoms with E-state index >= 15 is 0 Å². The summed E-state index contributed by atoms with van der Waals surface area (Å²) in [7, 11) is 0. The monoisotopic (exact) mass is 446 g/mol. The van der Waals surface area contributed by atoms with Crippen LogP contribution in [0.25, 0.3) is 5.65 Å². The van der Waals surface area contributed by atoms with Gasteiger partial charge < -0.3 is 10.6 Å². The molecule has 0 saturated heterocycles. The molecule has 3 aromatic rings. The van der Waals surface area contributed by atoms with E-state index in [2.05, 4.69) is 41.6 Å². The molecule has 0 bridgehead atoms. The second-order valence-corrected chi connectivity index (χ2v) is 8.53. The Bertz CT molecular complexity index is 1270. The van der Waals surface area contributed by atoms with E-state index in [0.717, 1.165) is 11.1 Å². The summed E-state index contributed by atoms with van der Waals surface area (Å²) in [5.74, 6) is 0.0238. The van der Waals surface area contributed by atoms with Crippen molar-refractivity contribution in [1.29, 1.82) is 0 Å². The highest BCUT2D eigenvalue weighted by atomic mass is 19.1. The standard InChI is InChI=1S/C26H27FN4O2/c1-16-7-8-19(11-17(16)2)14-29-26(33)23-5-4-6-24-30-22(15-31(23)24)25(32)28-13-20-9-10-21(27)18(3)12-20/h4-12,15-17H,13-14H2,1-3H3,(H,28,32)(H,29,33). The zero-order chi connectivity index (χ0) is 23.5. The number of carbonyl (C=O) groups excluding carboxylic acids is 2. The fourth-order valence-corrected chi connectivity index (χ4v) is 3.78. The van der Waals surface area contributed by atoms with Gasteiger partial charge in [-0.15, -0.1) is 0 Å². The van der Waals surface area contributed by atoms with Crippen molar-refractivity contribution in [3.63, 3.8) is 0 Å². The Balaban J connectivity index is 1.45. The molecular formula is C26H27FN4O2. The van der Waals surface area contributed by atoms with Gasteiger partial charge in [0.15, 0.2) is 0 Å². The Morgan fingerprint density at radius 2 is 1.85 bits per heavy atom. The predicted molar refractivity (Wildman–Crippen MR) is 125 cm³/mol. The van der Waals surface area contributed by atoms with Crippen molar-refractivity contribution < 1.29 is 14.0 Å². The number of carbonyl (C=O) groups is 2. The maximum Gasteiger partial charge on any atom is 0.271 e. The van der Waals surface area contributed by atoms with Crippen LogP contribution in [0.5, 0.6) is 0 Å². The molecule has 0 spiro atoms. The highest BCUT2D eigenvalue weighted by molar-refractivity contribution is 5.95. The lowest BCUT2D eigenvalue weighted by Crippen LogP contribution is -2.28. The minimum absolute atomic E-state index is 0.204. The molecule has 2 amide bonds. The second kappa shape index (κ2) is 9.40. The number of rotatable bonds is 6. The molecule has 33 heavy (non-hydrogen) atoms. The van der Waals surface area contributed by atoms with Crippen LogP contribution in [0.15, 0.2) is 66.4 Å². The number of pyridine rings is 1. The van der Waals surface area contributed by atoms with Gasteiger partial charge in [-0.3, -0.25) is 14.0 Å². The van der Waals surface area contributed by atoms with Crippen LogP contribution < -0.4 is 10.6 Å². The number of imidazole rings is 1. The lowest BCUT2D eigenvalue weighted by Gasteiger charge is -2.19. The van der Waals surface area contributed by atoms with E-state index in [-0.39, 0.29) is 29.9 Å². The first kappa shape index (κ1) is 22.5. The van der Waals surface area contributed by atoms with Crippen molar-refractivity contribution in [2.45, 2.75) is 27.3 Å². The van der Waals surface area contributed by atoms with Crippen LogP contribution in [0.2, 0.25) is 0 Å². The first-order valence-electron chi connectivity index (χ1n) is 11.0. The average molecular weight is 447 g/mol. The molecule has 170 valence electrons. The number of nitrogens with one attached hydrogen (secondary N) is 2. The third kappa shape index (κ3) is 5.03. The fourth-order valence-electron chi connectivity index (χ4n) is 3.78. The van der Waals surface area contributed by atoms with Gasteiger partial charge in [0, 0.05) is 19.3 Å². The van der Waals surface area contributed by atoms with E-state index in [1.807, 2.05) is 6.08 Å². The zero-order valence-corrected chi connectivity index (χ0v) is 18.9. The zero-order valence-electron chi connectivity index (χ0n) is 18.9. The predicted octanol–water partition coefficient (Wildman–Crippen LogP) is 4.21. The molecule has 6 nitrogen and oxygen atoms in total. The molecule has 0 saturated carbocycles. The minimum Gasteiger partial charge on any atom is -0.347 e. The molecule has 0 radical (unpaired) electrons. The molecule has 2 N–H and O–H groups in total. The number of hydrogen-bond donors (Lipinski definition) is 2. The van der Waals surface area contributed by atoms with Gasteiger partial charge in [-0.2, -0.15) is 0 Å². The molecule has 7 heteroatoms. The third-order valence-corrected chi connectivity index (χ3v) is 6.01. The van der Waals surface area contributed by atoms with Crippen molar-refractivity contribution in [3.05, 3.63) is 94.7 Å². The normalized spacial score (nSPS) is 17.6. The molecule has 2 unspecified atom stereocenters. The molecule has 2 heterocycles. The number of allylic oxidation sites excluding steroid dienone is 2. The molecule has 1 aliphatic rings. The highest BCUT2D eigenvalue weighted by Crippen LogP contribution is 2.21. The first-order chi connectivity index (χ1) is 15.8. The van der Waals surface area contributed by atoms with Gasteiger partial charge in [-0.05, 0) is 53.7 Å². The number of fused-ring (bicyclic) bond motifs is 1. The topological polar surface area (TPSA) is 75.5 Å². The van der Waals surface area contributed by atoms with Crippen LogP contribution in [0.4, 0.5) is 4.39 Å². The Morgan fingerprint density at radius 3 is 2.61 bits per heavy atom. The maximum absolute atomic E-state index is 13.4. The minimum atomic E-state index is -0.368. The Labute approximate surface area is 192 Å². The van der Waals surface area contributed by atoms with Gasteiger partial charge in [0.25, 0.3) is 11.8 Å². The summed E-state index contributed by atoms with van der Waals surface area (Å²) in [6.45, 7) is 6.69. The van der Waals surface area contributed by atoms with Crippen molar-refractivity contribution in [1.82, 2.24) is 20.0 Å². The summed E-state index contributed by atoms with van der Waals surface area (Å²) in [5.41, 5.74) is 3.49. The van der Waals surface area contributed by atoms with E-state index in [4.69, 9.17) is 0 Å². The van der Waals surface area contributed by atoms with E-state index in [1.54, 1.807) is 47.9 Å². The highest BCUT2D eigenvalue weighted by Gasteiger charge is 2.17. The molecule has 0 aliphatic heterocycles.